The fourth-order valence-corrected chi connectivity index (χ4v) is 2.14. The zero-order valence-electron chi connectivity index (χ0n) is 11.3. The number of pyridine rings is 1. The van der Waals surface area contributed by atoms with E-state index < -0.39 is 0 Å². The lowest BCUT2D eigenvalue weighted by Crippen LogP contribution is -2.49. The summed E-state index contributed by atoms with van der Waals surface area (Å²) in [7, 11) is 0. The van der Waals surface area contributed by atoms with Gasteiger partial charge in [-0.2, -0.15) is 0 Å². The van der Waals surface area contributed by atoms with Gasteiger partial charge in [0.1, 0.15) is 0 Å². The summed E-state index contributed by atoms with van der Waals surface area (Å²) in [5, 5.41) is 0. The molecule has 0 atom stereocenters. The lowest BCUT2D eigenvalue weighted by Gasteiger charge is -2.32. The highest BCUT2D eigenvalue weighted by Gasteiger charge is 2.20. The normalized spacial score (nSPS) is 15.4. The van der Waals surface area contributed by atoms with Crippen LogP contribution in [0.1, 0.15) is 12.0 Å². The number of carbonyl (C=O) groups is 2. The van der Waals surface area contributed by atoms with Gasteiger partial charge in [-0.1, -0.05) is 0 Å². The Hall–Kier alpha value is -1.91. The molecular weight excluding hydrogens is 242 g/mol. The van der Waals surface area contributed by atoms with Gasteiger partial charge in [-0.3, -0.25) is 9.59 Å². The molecule has 0 unspecified atom stereocenters. The Bertz CT molecular complexity index is 437. The zero-order chi connectivity index (χ0) is 13.7. The van der Waals surface area contributed by atoms with E-state index in [0.29, 0.717) is 39.1 Å². The molecule has 0 N–H and O–H groups in total. The van der Waals surface area contributed by atoms with Gasteiger partial charge in [0.25, 0.3) is 0 Å². The molecule has 0 radical (unpaired) electrons. The summed E-state index contributed by atoms with van der Waals surface area (Å²) in [6.07, 6.45) is 5.35. The summed E-state index contributed by atoms with van der Waals surface area (Å²) in [6, 6.07) is 4.07. The molecule has 0 saturated carbocycles. The van der Waals surface area contributed by atoms with E-state index in [1.165, 1.54) is 5.56 Å². The van der Waals surface area contributed by atoms with Crippen LogP contribution in [0.2, 0.25) is 0 Å². The number of hydrogen-bond donors (Lipinski definition) is 0. The van der Waals surface area contributed by atoms with Crippen LogP contribution in [0.25, 0.3) is 0 Å². The summed E-state index contributed by atoms with van der Waals surface area (Å²) in [5.74, 6) is 0.165. The standard InChI is InChI=1S/C14H20N3O2/c1-13-2-5-15(6-3-13)7-4-14(19)17-10-8-16(12-18)9-11-17/h2-3,5-6,12H,4,7-11H2,1H3/q+1. The zero-order valence-corrected chi connectivity index (χ0v) is 11.3. The molecule has 1 aliphatic rings. The topological polar surface area (TPSA) is 44.5 Å². The van der Waals surface area contributed by atoms with Gasteiger partial charge in [-0.15, -0.1) is 0 Å². The predicted octanol–water partition coefficient (Wildman–Crippen LogP) is -0.0268. The van der Waals surface area contributed by atoms with E-state index in [2.05, 4.69) is 0 Å². The minimum atomic E-state index is 0.165. The second kappa shape index (κ2) is 6.31. The molecule has 0 aliphatic carbocycles. The molecule has 19 heavy (non-hydrogen) atoms. The van der Waals surface area contributed by atoms with Crippen LogP contribution >= 0.6 is 0 Å². The molecule has 1 aromatic rings. The summed E-state index contributed by atoms with van der Waals surface area (Å²) in [4.78, 5) is 26.2. The maximum atomic E-state index is 12.0. The minimum absolute atomic E-state index is 0.165. The lowest BCUT2D eigenvalue weighted by molar-refractivity contribution is -0.696. The maximum absolute atomic E-state index is 12.0. The first-order chi connectivity index (χ1) is 9.19. The van der Waals surface area contributed by atoms with E-state index in [9.17, 15) is 9.59 Å². The molecule has 1 fully saturated rings. The van der Waals surface area contributed by atoms with Gasteiger partial charge in [-0.25, -0.2) is 4.57 Å². The summed E-state index contributed by atoms with van der Waals surface area (Å²) in [6.45, 7) is 5.33. The van der Waals surface area contributed by atoms with Crippen molar-refractivity contribution in [1.29, 1.82) is 0 Å². The number of aromatic nitrogens is 1. The second-order valence-corrected chi connectivity index (χ2v) is 4.89. The fraction of sp³-hybridized carbons (Fsp3) is 0.500. The van der Waals surface area contributed by atoms with Crippen molar-refractivity contribution < 1.29 is 14.2 Å². The monoisotopic (exact) mass is 262 g/mol. The van der Waals surface area contributed by atoms with Crippen molar-refractivity contribution in [2.45, 2.75) is 19.9 Å². The Labute approximate surface area is 113 Å². The number of amides is 2. The summed E-state index contributed by atoms with van der Waals surface area (Å²) in [5.41, 5.74) is 1.22. The van der Waals surface area contributed by atoms with E-state index in [-0.39, 0.29) is 5.91 Å². The van der Waals surface area contributed by atoms with Crippen LogP contribution in [-0.4, -0.2) is 48.3 Å². The van der Waals surface area contributed by atoms with Crippen molar-refractivity contribution in [2.24, 2.45) is 0 Å². The summed E-state index contributed by atoms with van der Waals surface area (Å²) >= 11 is 0. The van der Waals surface area contributed by atoms with Crippen molar-refractivity contribution in [3.05, 3.63) is 30.1 Å². The number of rotatable bonds is 4. The van der Waals surface area contributed by atoms with Crippen LogP contribution in [0, 0.1) is 6.92 Å². The van der Waals surface area contributed by atoms with E-state index in [1.807, 2.05) is 40.9 Å². The Kier molecular flexibility index (Phi) is 4.49. The minimum Gasteiger partial charge on any atom is -0.342 e. The lowest BCUT2D eigenvalue weighted by atomic mass is 10.2. The highest BCUT2D eigenvalue weighted by Crippen LogP contribution is 2.02. The third-order valence-corrected chi connectivity index (χ3v) is 3.46. The molecule has 2 heterocycles. The molecular formula is C14H20N3O2+. The molecule has 1 aliphatic heterocycles. The average Bonchev–Trinajstić information content (AvgIpc) is 2.46. The second-order valence-electron chi connectivity index (χ2n) is 4.89. The van der Waals surface area contributed by atoms with E-state index in [0.717, 1.165) is 6.41 Å². The van der Waals surface area contributed by atoms with Crippen LogP contribution in [-0.2, 0) is 16.1 Å². The highest BCUT2D eigenvalue weighted by molar-refractivity contribution is 5.76. The Morgan fingerprint density at radius 3 is 2.47 bits per heavy atom. The first-order valence-electron chi connectivity index (χ1n) is 6.62. The molecule has 102 valence electrons. The third kappa shape index (κ3) is 3.77. The van der Waals surface area contributed by atoms with Gasteiger partial charge in [0.15, 0.2) is 18.9 Å². The Morgan fingerprint density at radius 2 is 1.89 bits per heavy atom. The highest BCUT2D eigenvalue weighted by atomic mass is 16.2. The molecule has 5 heteroatoms. The average molecular weight is 262 g/mol. The van der Waals surface area contributed by atoms with E-state index in [1.54, 1.807) is 4.90 Å². The number of nitrogens with zero attached hydrogens (tertiary/aromatic N) is 3. The number of hydrogen-bond acceptors (Lipinski definition) is 2. The maximum Gasteiger partial charge on any atom is 0.229 e. The van der Waals surface area contributed by atoms with Crippen molar-refractivity contribution in [3.63, 3.8) is 0 Å². The molecule has 0 bridgehead atoms. The number of piperazine rings is 1. The molecule has 2 amide bonds. The van der Waals surface area contributed by atoms with E-state index in [4.69, 9.17) is 0 Å². The molecule has 1 saturated heterocycles. The molecule has 0 spiro atoms. The number of carbonyl (C=O) groups excluding carboxylic acids is 2. The number of aryl methyl sites for hydroxylation is 2. The fourth-order valence-electron chi connectivity index (χ4n) is 2.14. The van der Waals surface area contributed by atoms with Gasteiger partial charge in [0, 0.05) is 38.3 Å². The molecule has 5 nitrogen and oxygen atoms in total. The first-order valence-corrected chi connectivity index (χ1v) is 6.62. The van der Waals surface area contributed by atoms with E-state index >= 15 is 0 Å². The Balaban J connectivity index is 1.78. The third-order valence-electron chi connectivity index (χ3n) is 3.46. The van der Waals surface area contributed by atoms with Crippen molar-refractivity contribution in [1.82, 2.24) is 9.80 Å². The SMILES string of the molecule is Cc1cc[n+](CCC(=O)N2CCN(C=O)CC2)cc1. The van der Waals surface area contributed by atoms with Gasteiger partial charge in [-0.05, 0) is 12.5 Å². The van der Waals surface area contributed by atoms with Gasteiger partial charge < -0.3 is 9.80 Å². The smallest absolute Gasteiger partial charge is 0.229 e. The van der Waals surface area contributed by atoms with Crippen LogP contribution in [0.3, 0.4) is 0 Å². The van der Waals surface area contributed by atoms with Crippen LogP contribution in [0.15, 0.2) is 24.5 Å². The first kappa shape index (κ1) is 13.5. The predicted molar refractivity (Wildman–Crippen MR) is 70.2 cm³/mol. The van der Waals surface area contributed by atoms with Gasteiger partial charge >= 0.3 is 0 Å². The quantitative estimate of drug-likeness (QED) is 0.565. The Morgan fingerprint density at radius 1 is 1.26 bits per heavy atom. The largest absolute Gasteiger partial charge is 0.342 e. The molecule has 0 aromatic carbocycles. The van der Waals surface area contributed by atoms with Crippen molar-refractivity contribution in [3.8, 4) is 0 Å². The van der Waals surface area contributed by atoms with Gasteiger partial charge in [0.05, 0.1) is 6.42 Å². The molecule has 1 aromatic heterocycles. The van der Waals surface area contributed by atoms with Crippen molar-refractivity contribution in [2.75, 3.05) is 26.2 Å². The van der Waals surface area contributed by atoms with Crippen LogP contribution in [0.4, 0.5) is 0 Å². The summed E-state index contributed by atoms with van der Waals surface area (Å²) < 4.78 is 2.02. The molecule has 2 rings (SSSR count). The van der Waals surface area contributed by atoms with Gasteiger partial charge in [0.2, 0.25) is 12.3 Å². The van der Waals surface area contributed by atoms with Crippen LogP contribution < -0.4 is 4.57 Å². The van der Waals surface area contributed by atoms with Crippen LogP contribution in [0.5, 0.6) is 0 Å². The van der Waals surface area contributed by atoms with Crippen molar-refractivity contribution >= 4 is 12.3 Å².